The van der Waals surface area contributed by atoms with Gasteiger partial charge in [0.1, 0.15) is 0 Å². The lowest BCUT2D eigenvalue weighted by atomic mass is 10.0. The first-order valence-corrected chi connectivity index (χ1v) is 5.68. The Morgan fingerprint density at radius 2 is 1.79 bits per heavy atom. The molecule has 2 rings (SSSR count). The zero-order chi connectivity index (χ0) is 9.80. The van der Waals surface area contributed by atoms with Crippen LogP contribution in [0.25, 0.3) is 0 Å². The van der Waals surface area contributed by atoms with Gasteiger partial charge in [0.15, 0.2) is 0 Å². The highest BCUT2D eigenvalue weighted by Gasteiger charge is 2.23. The molecule has 4 heteroatoms. The van der Waals surface area contributed by atoms with Crippen molar-refractivity contribution in [2.75, 3.05) is 39.4 Å². The van der Waals surface area contributed by atoms with E-state index in [1.165, 1.54) is 25.8 Å². The molecule has 0 unspecified atom stereocenters. The predicted octanol–water partition coefficient (Wildman–Crippen LogP) is 0.0468. The van der Waals surface area contributed by atoms with E-state index in [9.17, 15) is 0 Å². The second-order valence-corrected chi connectivity index (χ2v) is 4.27. The monoisotopic (exact) mass is 199 g/mol. The first kappa shape index (κ1) is 10.4. The van der Waals surface area contributed by atoms with Gasteiger partial charge in [0.05, 0.1) is 6.61 Å². The van der Waals surface area contributed by atoms with Crippen LogP contribution in [0.3, 0.4) is 0 Å². The predicted molar refractivity (Wildman–Crippen MR) is 55.8 cm³/mol. The van der Waals surface area contributed by atoms with Crippen molar-refractivity contribution in [3.8, 4) is 0 Å². The second kappa shape index (κ2) is 5.07. The number of nitrogens with two attached hydrogens (primary N) is 1. The molecule has 0 atom stereocenters. The first-order chi connectivity index (χ1) is 6.86. The van der Waals surface area contributed by atoms with Crippen LogP contribution in [0, 0.1) is 0 Å². The van der Waals surface area contributed by atoms with Crippen LogP contribution in [-0.4, -0.2) is 55.3 Å². The lowest BCUT2D eigenvalue weighted by Gasteiger charge is -2.36. The quantitative estimate of drug-likeness (QED) is 0.606. The fraction of sp³-hybridized carbons (Fsp3) is 1.00. The number of hydrazine groups is 1. The average molecular weight is 199 g/mol. The highest BCUT2D eigenvalue weighted by atomic mass is 16.5. The smallest absolute Gasteiger partial charge is 0.0593 e. The molecule has 82 valence electrons. The Labute approximate surface area is 86.0 Å². The van der Waals surface area contributed by atoms with Crippen molar-refractivity contribution in [2.24, 2.45) is 5.84 Å². The normalized spacial score (nSPS) is 28.9. The SMILES string of the molecule is NN1CCC(N2CCCOCC2)CC1. The van der Waals surface area contributed by atoms with Gasteiger partial charge in [-0.3, -0.25) is 10.7 Å². The molecule has 0 spiro atoms. The third-order valence-corrected chi connectivity index (χ3v) is 3.27. The van der Waals surface area contributed by atoms with Crippen molar-refractivity contribution < 1.29 is 4.74 Å². The summed E-state index contributed by atoms with van der Waals surface area (Å²) in [6.07, 6.45) is 3.62. The summed E-state index contributed by atoms with van der Waals surface area (Å²) < 4.78 is 5.46. The maximum atomic E-state index is 5.75. The molecular weight excluding hydrogens is 178 g/mol. The maximum absolute atomic E-state index is 5.75. The van der Waals surface area contributed by atoms with Crippen LogP contribution in [0.1, 0.15) is 19.3 Å². The van der Waals surface area contributed by atoms with Gasteiger partial charge in [-0.15, -0.1) is 0 Å². The molecule has 2 aliphatic heterocycles. The first-order valence-electron chi connectivity index (χ1n) is 5.68. The van der Waals surface area contributed by atoms with E-state index in [4.69, 9.17) is 10.6 Å². The van der Waals surface area contributed by atoms with E-state index < -0.39 is 0 Å². The van der Waals surface area contributed by atoms with Crippen molar-refractivity contribution in [3.05, 3.63) is 0 Å². The molecule has 0 saturated carbocycles. The van der Waals surface area contributed by atoms with Gasteiger partial charge < -0.3 is 4.74 Å². The molecule has 2 fully saturated rings. The molecule has 2 N–H and O–H groups in total. The third kappa shape index (κ3) is 2.67. The van der Waals surface area contributed by atoms with Crippen LogP contribution in [-0.2, 0) is 4.74 Å². The zero-order valence-electron chi connectivity index (χ0n) is 8.82. The van der Waals surface area contributed by atoms with Crippen molar-refractivity contribution in [1.29, 1.82) is 0 Å². The number of hydrogen-bond acceptors (Lipinski definition) is 4. The van der Waals surface area contributed by atoms with Crippen LogP contribution in [0.4, 0.5) is 0 Å². The molecular formula is C10H21N3O. The summed E-state index contributed by atoms with van der Waals surface area (Å²) in [5, 5.41) is 1.94. The Balaban J connectivity index is 1.81. The minimum Gasteiger partial charge on any atom is -0.380 e. The fourth-order valence-electron chi connectivity index (χ4n) is 2.38. The van der Waals surface area contributed by atoms with E-state index in [0.717, 1.165) is 38.9 Å². The molecule has 0 bridgehead atoms. The molecule has 2 aliphatic rings. The van der Waals surface area contributed by atoms with Crippen molar-refractivity contribution in [3.63, 3.8) is 0 Å². The van der Waals surface area contributed by atoms with E-state index in [2.05, 4.69) is 4.90 Å². The van der Waals surface area contributed by atoms with Gasteiger partial charge in [-0.05, 0) is 19.3 Å². The van der Waals surface area contributed by atoms with Crippen molar-refractivity contribution >= 4 is 0 Å². The molecule has 0 radical (unpaired) electrons. The molecule has 14 heavy (non-hydrogen) atoms. The van der Waals surface area contributed by atoms with Crippen LogP contribution in [0.2, 0.25) is 0 Å². The molecule has 0 aliphatic carbocycles. The maximum Gasteiger partial charge on any atom is 0.0593 e. The summed E-state index contributed by atoms with van der Waals surface area (Å²) in [4.78, 5) is 2.58. The standard InChI is InChI=1S/C10H21N3O/c11-13-5-2-10(3-6-13)12-4-1-8-14-9-7-12/h10H,1-9,11H2. The van der Waals surface area contributed by atoms with Gasteiger partial charge in [0.2, 0.25) is 0 Å². The summed E-state index contributed by atoms with van der Waals surface area (Å²) in [5.74, 6) is 5.75. The molecule has 2 heterocycles. The van der Waals surface area contributed by atoms with Gasteiger partial charge in [-0.1, -0.05) is 0 Å². The molecule has 0 aromatic heterocycles. The van der Waals surface area contributed by atoms with Crippen molar-refractivity contribution in [1.82, 2.24) is 9.91 Å². The third-order valence-electron chi connectivity index (χ3n) is 3.27. The molecule has 2 saturated heterocycles. The summed E-state index contributed by atoms with van der Waals surface area (Å²) in [5.41, 5.74) is 0. The lowest BCUT2D eigenvalue weighted by molar-refractivity contribution is 0.0971. The van der Waals surface area contributed by atoms with E-state index >= 15 is 0 Å². The zero-order valence-corrected chi connectivity index (χ0v) is 8.82. The van der Waals surface area contributed by atoms with Gasteiger partial charge in [0.25, 0.3) is 0 Å². The van der Waals surface area contributed by atoms with E-state index in [1.807, 2.05) is 5.01 Å². The van der Waals surface area contributed by atoms with E-state index in [-0.39, 0.29) is 0 Å². The number of rotatable bonds is 1. The minimum absolute atomic E-state index is 0.747. The van der Waals surface area contributed by atoms with Gasteiger partial charge in [-0.25, -0.2) is 5.01 Å². The van der Waals surface area contributed by atoms with E-state index in [0.29, 0.717) is 0 Å². The molecule has 0 aromatic rings. The Morgan fingerprint density at radius 3 is 2.57 bits per heavy atom. The largest absolute Gasteiger partial charge is 0.380 e. The number of hydrogen-bond donors (Lipinski definition) is 1. The summed E-state index contributed by atoms with van der Waals surface area (Å²) in [7, 11) is 0. The van der Waals surface area contributed by atoms with E-state index in [1.54, 1.807) is 0 Å². The van der Waals surface area contributed by atoms with Gasteiger partial charge >= 0.3 is 0 Å². The Morgan fingerprint density at radius 1 is 1.00 bits per heavy atom. The average Bonchev–Trinajstić information content (AvgIpc) is 2.47. The highest BCUT2D eigenvalue weighted by molar-refractivity contribution is 4.78. The Hall–Kier alpha value is -0.160. The van der Waals surface area contributed by atoms with Crippen LogP contribution >= 0.6 is 0 Å². The number of nitrogens with zero attached hydrogens (tertiary/aromatic N) is 2. The summed E-state index contributed by atoms with van der Waals surface area (Å²) >= 11 is 0. The van der Waals surface area contributed by atoms with Crippen molar-refractivity contribution in [2.45, 2.75) is 25.3 Å². The molecule has 0 aromatic carbocycles. The molecule has 0 amide bonds. The second-order valence-electron chi connectivity index (χ2n) is 4.27. The molecule has 4 nitrogen and oxygen atoms in total. The fourth-order valence-corrected chi connectivity index (χ4v) is 2.38. The highest BCUT2D eigenvalue weighted by Crippen LogP contribution is 2.15. The summed E-state index contributed by atoms with van der Waals surface area (Å²) in [6.45, 7) is 6.24. The Bertz CT molecular complexity index is 161. The summed E-state index contributed by atoms with van der Waals surface area (Å²) in [6, 6.07) is 0.747. The van der Waals surface area contributed by atoms with Gasteiger partial charge in [0, 0.05) is 38.8 Å². The van der Waals surface area contributed by atoms with Crippen LogP contribution < -0.4 is 5.84 Å². The number of ether oxygens (including phenoxy) is 1. The lowest BCUT2D eigenvalue weighted by Crippen LogP contribution is -2.47. The minimum atomic E-state index is 0.747. The van der Waals surface area contributed by atoms with Crippen LogP contribution in [0.15, 0.2) is 0 Å². The topological polar surface area (TPSA) is 41.7 Å². The van der Waals surface area contributed by atoms with Gasteiger partial charge in [-0.2, -0.15) is 0 Å². The number of piperidine rings is 1. The van der Waals surface area contributed by atoms with Crippen LogP contribution in [0.5, 0.6) is 0 Å². The Kier molecular flexibility index (Phi) is 3.75.